The normalized spacial score (nSPS) is 27.0. The van der Waals surface area contributed by atoms with E-state index in [1.54, 1.807) is 0 Å². The molecule has 0 spiro atoms. The van der Waals surface area contributed by atoms with Gasteiger partial charge in [-0.3, -0.25) is 0 Å². The lowest BCUT2D eigenvalue weighted by Gasteiger charge is -2.17. The van der Waals surface area contributed by atoms with Crippen LogP contribution in [0.1, 0.15) is 75.2 Å². The van der Waals surface area contributed by atoms with Crippen LogP contribution in [0.2, 0.25) is 0 Å². The third-order valence-corrected chi connectivity index (χ3v) is 6.42. The summed E-state index contributed by atoms with van der Waals surface area (Å²) in [4.78, 5) is 5.19. The van der Waals surface area contributed by atoms with Crippen molar-refractivity contribution in [2.45, 2.75) is 90.3 Å². The van der Waals surface area contributed by atoms with Crippen LogP contribution < -0.4 is 0 Å². The Hall–Kier alpha value is -0.350. The van der Waals surface area contributed by atoms with E-state index in [1.807, 2.05) is 44.3 Å². The van der Waals surface area contributed by atoms with Crippen LogP contribution in [0.15, 0.2) is 29.5 Å². The van der Waals surface area contributed by atoms with Crippen LogP contribution in [-0.4, -0.2) is 32.3 Å². The van der Waals surface area contributed by atoms with Crippen molar-refractivity contribution >= 4 is 29.2 Å². The molecule has 0 aliphatic carbocycles. The lowest BCUT2D eigenvalue weighted by atomic mass is 9.98. The number of nitrogens with zero attached hydrogens (tertiary/aromatic N) is 1. The number of hydrogen-bond acceptors (Lipinski definition) is 4. The first-order valence-corrected chi connectivity index (χ1v) is 11.4. The smallest absolute Gasteiger partial charge is 0.140 e. The molecule has 3 aliphatic heterocycles. The third-order valence-electron chi connectivity index (χ3n) is 3.94. The zero-order valence-electron chi connectivity index (χ0n) is 17.8. The summed E-state index contributed by atoms with van der Waals surface area (Å²) in [5.74, 6) is 2.40. The molecule has 3 rings (SSSR count). The van der Waals surface area contributed by atoms with Crippen LogP contribution in [0.4, 0.5) is 0 Å². The highest BCUT2D eigenvalue weighted by Gasteiger charge is 2.29. The van der Waals surface area contributed by atoms with E-state index in [-0.39, 0.29) is 5.60 Å². The SMILES string of the molecule is CC.CC1(C)C=CCS1.CC1(C)C=CCS1.CCC1(C)CC(C)=NO1. The molecule has 0 bridgehead atoms. The summed E-state index contributed by atoms with van der Waals surface area (Å²) in [6, 6.07) is 0. The second-order valence-corrected chi connectivity index (χ2v) is 10.9. The van der Waals surface area contributed by atoms with Crippen LogP contribution in [0.25, 0.3) is 0 Å². The maximum Gasteiger partial charge on any atom is 0.140 e. The predicted molar refractivity (Wildman–Crippen MR) is 120 cm³/mol. The molecule has 0 aromatic carbocycles. The number of thioether (sulfide) groups is 2. The van der Waals surface area contributed by atoms with Crippen molar-refractivity contribution in [2.24, 2.45) is 5.16 Å². The van der Waals surface area contributed by atoms with E-state index in [4.69, 9.17) is 4.84 Å². The van der Waals surface area contributed by atoms with Gasteiger partial charge in [0.05, 0.1) is 5.71 Å². The van der Waals surface area contributed by atoms with Gasteiger partial charge in [0, 0.05) is 27.4 Å². The van der Waals surface area contributed by atoms with Gasteiger partial charge in [0.1, 0.15) is 5.60 Å². The number of rotatable bonds is 1. The standard InChI is InChI=1S/C7H13NO.2C6H10S.C2H6/c1-4-7(3)5-6(2)8-9-7;2*1-6(2)4-3-5-7-6;1-2/h4-5H2,1-3H3;2*3-4H,5H2,1-2H3;1-2H3. The van der Waals surface area contributed by atoms with Gasteiger partial charge >= 0.3 is 0 Å². The molecule has 1 unspecified atom stereocenters. The lowest BCUT2D eigenvalue weighted by molar-refractivity contribution is -0.00605. The first kappa shape index (κ1) is 24.7. The molecular formula is C21H39NOS2. The Morgan fingerprint density at radius 1 is 0.960 bits per heavy atom. The molecule has 0 aromatic rings. The molecule has 0 fully saturated rings. The first-order chi connectivity index (χ1) is 11.6. The van der Waals surface area contributed by atoms with Crippen molar-refractivity contribution < 1.29 is 4.84 Å². The quantitative estimate of drug-likeness (QED) is 0.449. The van der Waals surface area contributed by atoms with E-state index in [0.717, 1.165) is 18.6 Å². The van der Waals surface area contributed by atoms with Gasteiger partial charge < -0.3 is 4.84 Å². The van der Waals surface area contributed by atoms with E-state index in [2.05, 4.69) is 71.0 Å². The van der Waals surface area contributed by atoms with Gasteiger partial charge in [-0.25, -0.2) is 0 Å². The second kappa shape index (κ2) is 11.4. The molecule has 4 heteroatoms. The van der Waals surface area contributed by atoms with E-state index in [0.29, 0.717) is 9.49 Å². The van der Waals surface area contributed by atoms with Crippen molar-refractivity contribution in [1.29, 1.82) is 0 Å². The van der Waals surface area contributed by atoms with Gasteiger partial charge in [-0.05, 0) is 48.0 Å². The highest BCUT2D eigenvalue weighted by atomic mass is 32.2. The Morgan fingerprint density at radius 2 is 1.40 bits per heavy atom. The van der Waals surface area contributed by atoms with Crippen molar-refractivity contribution in [1.82, 2.24) is 0 Å². The molecule has 0 saturated carbocycles. The largest absolute Gasteiger partial charge is 0.389 e. The van der Waals surface area contributed by atoms with Crippen molar-refractivity contribution in [2.75, 3.05) is 11.5 Å². The fraction of sp³-hybridized carbons (Fsp3) is 0.762. The Labute approximate surface area is 165 Å². The maximum atomic E-state index is 5.19. The number of hydrogen-bond donors (Lipinski definition) is 0. The summed E-state index contributed by atoms with van der Waals surface area (Å²) in [7, 11) is 0. The summed E-state index contributed by atoms with van der Waals surface area (Å²) in [6.07, 6.45) is 11.0. The number of oxime groups is 1. The summed E-state index contributed by atoms with van der Waals surface area (Å²) in [6.45, 7) is 19.2. The Bertz CT molecular complexity index is 441. The molecule has 25 heavy (non-hydrogen) atoms. The molecule has 0 amide bonds. The average Bonchev–Trinajstić information content (AvgIpc) is 3.24. The minimum atomic E-state index is 0.00405. The molecule has 0 N–H and O–H groups in total. The van der Waals surface area contributed by atoms with E-state index < -0.39 is 0 Å². The minimum absolute atomic E-state index is 0.00405. The summed E-state index contributed by atoms with van der Waals surface area (Å²) in [5, 5.41) is 3.88. The lowest BCUT2D eigenvalue weighted by Crippen LogP contribution is -2.22. The van der Waals surface area contributed by atoms with Crippen molar-refractivity contribution in [3.63, 3.8) is 0 Å². The van der Waals surface area contributed by atoms with Gasteiger partial charge in [-0.1, -0.05) is 50.2 Å². The van der Waals surface area contributed by atoms with E-state index >= 15 is 0 Å². The zero-order chi connectivity index (χ0) is 19.6. The van der Waals surface area contributed by atoms with Crippen molar-refractivity contribution in [3.8, 4) is 0 Å². The maximum absolute atomic E-state index is 5.19. The summed E-state index contributed by atoms with van der Waals surface area (Å²) in [5.41, 5.74) is 1.11. The summed E-state index contributed by atoms with van der Waals surface area (Å²) >= 11 is 3.98. The molecular weight excluding hydrogens is 346 g/mol. The second-order valence-electron chi connectivity index (χ2n) is 7.53. The zero-order valence-corrected chi connectivity index (χ0v) is 19.4. The molecule has 1 atom stereocenters. The predicted octanol–water partition coefficient (Wildman–Crippen LogP) is 7.11. The first-order valence-electron chi connectivity index (χ1n) is 9.42. The van der Waals surface area contributed by atoms with Gasteiger partial charge in [0.25, 0.3) is 0 Å². The highest BCUT2D eigenvalue weighted by molar-refractivity contribution is 8.01. The molecule has 146 valence electrons. The molecule has 3 aliphatic rings. The Kier molecular flexibility index (Phi) is 11.2. The Balaban J connectivity index is 0.000000332. The molecule has 0 saturated heterocycles. The van der Waals surface area contributed by atoms with Crippen molar-refractivity contribution in [3.05, 3.63) is 24.3 Å². The topological polar surface area (TPSA) is 21.6 Å². The molecule has 3 heterocycles. The average molecular weight is 386 g/mol. The molecule has 0 aromatic heterocycles. The van der Waals surface area contributed by atoms with Crippen LogP contribution >= 0.6 is 23.5 Å². The van der Waals surface area contributed by atoms with Crippen LogP contribution in [-0.2, 0) is 4.84 Å². The van der Waals surface area contributed by atoms with Crippen LogP contribution in [0, 0.1) is 0 Å². The monoisotopic (exact) mass is 385 g/mol. The summed E-state index contributed by atoms with van der Waals surface area (Å²) < 4.78 is 0.861. The minimum Gasteiger partial charge on any atom is -0.389 e. The van der Waals surface area contributed by atoms with Gasteiger partial charge in [0.15, 0.2) is 0 Å². The fourth-order valence-electron chi connectivity index (χ4n) is 2.27. The molecule has 2 nitrogen and oxygen atoms in total. The van der Waals surface area contributed by atoms with Gasteiger partial charge in [-0.15, -0.1) is 23.5 Å². The fourth-order valence-corrected chi connectivity index (χ4v) is 3.90. The Morgan fingerprint density at radius 3 is 1.52 bits per heavy atom. The van der Waals surface area contributed by atoms with Gasteiger partial charge in [0.2, 0.25) is 0 Å². The van der Waals surface area contributed by atoms with Crippen LogP contribution in [0.5, 0.6) is 0 Å². The third kappa shape index (κ3) is 11.1. The highest BCUT2D eigenvalue weighted by Crippen LogP contribution is 2.31. The van der Waals surface area contributed by atoms with E-state index in [1.165, 1.54) is 11.5 Å². The van der Waals surface area contributed by atoms with Gasteiger partial charge in [-0.2, -0.15) is 0 Å². The van der Waals surface area contributed by atoms with E-state index in [9.17, 15) is 0 Å². The van der Waals surface area contributed by atoms with Crippen LogP contribution in [0.3, 0.4) is 0 Å². The molecule has 0 radical (unpaired) electrons.